The first-order valence-corrected chi connectivity index (χ1v) is 6.29. The SMILES string of the molecule is O=C(NC1CCOC1C1CC1)c1ccoc1Cl. The highest BCUT2D eigenvalue weighted by molar-refractivity contribution is 6.32. The highest BCUT2D eigenvalue weighted by atomic mass is 35.5. The third-order valence-corrected chi connectivity index (χ3v) is 3.69. The van der Waals surface area contributed by atoms with Gasteiger partial charge in [-0.15, -0.1) is 0 Å². The maximum Gasteiger partial charge on any atom is 0.256 e. The van der Waals surface area contributed by atoms with Gasteiger partial charge in [0.1, 0.15) is 0 Å². The Morgan fingerprint density at radius 1 is 1.41 bits per heavy atom. The van der Waals surface area contributed by atoms with E-state index in [0.29, 0.717) is 11.5 Å². The minimum absolute atomic E-state index is 0.112. The molecule has 1 N–H and O–H groups in total. The number of furan rings is 1. The summed E-state index contributed by atoms with van der Waals surface area (Å²) in [5.74, 6) is 0.451. The molecule has 0 radical (unpaired) electrons. The molecule has 0 aromatic carbocycles. The van der Waals surface area contributed by atoms with Gasteiger partial charge in [0.05, 0.1) is 24.0 Å². The maximum atomic E-state index is 12.0. The second-order valence-corrected chi connectivity index (χ2v) is 4.99. The number of amides is 1. The molecule has 2 heterocycles. The lowest BCUT2D eigenvalue weighted by molar-refractivity contribution is 0.0729. The van der Waals surface area contributed by atoms with Crippen molar-refractivity contribution in [2.75, 3.05) is 6.61 Å². The molecule has 1 aliphatic carbocycles. The van der Waals surface area contributed by atoms with Crippen LogP contribution in [-0.2, 0) is 4.74 Å². The predicted molar refractivity (Wildman–Crippen MR) is 62.1 cm³/mol. The summed E-state index contributed by atoms with van der Waals surface area (Å²) < 4.78 is 10.6. The van der Waals surface area contributed by atoms with Gasteiger partial charge in [0, 0.05) is 6.61 Å². The van der Waals surface area contributed by atoms with Gasteiger partial charge in [-0.2, -0.15) is 0 Å². The van der Waals surface area contributed by atoms with Gasteiger partial charge in [-0.3, -0.25) is 4.79 Å². The quantitative estimate of drug-likeness (QED) is 0.901. The van der Waals surface area contributed by atoms with Crippen molar-refractivity contribution in [2.24, 2.45) is 5.92 Å². The summed E-state index contributed by atoms with van der Waals surface area (Å²) in [6, 6.07) is 1.69. The molecule has 0 bridgehead atoms. The fraction of sp³-hybridized carbons (Fsp3) is 0.583. The molecule has 2 aliphatic rings. The third-order valence-electron chi connectivity index (χ3n) is 3.40. The summed E-state index contributed by atoms with van der Waals surface area (Å²) in [4.78, 5) is 12.0. The Kier molecular flexibility index (Phi) is 2.84. The topological polar surface area (TPSA) is 51.5 Å². The van der Waals surface area contributed by atoms with E-state index in [4.69, 9.17) is 20.8 Å². The molecular weight excluding hydrogens is 242 g/mol. The molecule has 1 saturated carbocycles. The van der Waals surface area contributed by atoms with E-state index >= 15 is 0 Å². The minimum atomic E-state index is -0.176. The van der Waals surface area contributed by atoms with E-state index < -0.39 is 0 Å². The Morgan fingerprint density at radius 3 is 2.88 bits per heavy atom. The van der Waals surface area contributed by atoms with Crippen LogP contribution in [0.2, 0.25) is 5.22 Å². The fourth-order valence-corrected chi connectivity index (χ4v) is 2.56. The molecule has 1 amide bonds. The number of rotatable bonds is 3. The van der Waals surface area contributed by atoms with Crippen LogP contribution in [-0.4, -0.2) is 24.7 Å². The van der Waals surface area contributed by atoms with E-state index in [1.807, 2.05) is 0 Å². The number of nitrogens with one attached hydrogen (secondary N) is 1. The Morgan fingerprint density at radius 2 is 2.24 bits per heavy atom. The predicted octanol–water partition coefficient (Wildman–Crippen LogP) is 2.23. The molecule has 1 aliphatic heterocycles. The molecule has 2 atom stereocenters. The van der Waals surface area contributed by atoms with E-state index in [0.717, 1.165) is 13.0 Å². The van der Waals surface area contributed by atoms with Crippen LogP contribution in [0.1, 0.15) is 29.6 Å². The number of hydrogen-bond donors (Lipinski definition) is 1. The zero-order chi connectivity index (χ0) is 11.8. The lowest BCUT2D eigenvalue weighted by Crippen LogP contribution is -2.41. The van der Waals surface area contributed by atoms with Crippen LogP contribution < -0.4 is 5.32 Å². The summed E-state index contributed by atoms with van der Waals surface area (Å²) in [5, 5.41) is 3.13. The second kappa shape index (κ2) is 4.35. The van der Waals surface area contributed by atoms with Gasteiger partial charge in [-0.05, 0) is 42.8 Å². The Bertz CT molecular complexity index is 427. The zero-order valence-corrected chi connectivity index (χ0v) is 10.1. The molecule has 4 nitrogen and oxygen atoms in total. The summed E-state index contributed by atoms with van der Waals surface area (Å²) in [7, 11) is 0. The van der Waals surface area contributed by atoms with Gasteiger partial charge < -0.3 is 14.5 Å². The highest BCUT2D eigenvalue weighted by Crippen LogP contribution is 2.38. The molecule has 5 heteroatoms. The van der Waals surface area contributed by atoms with Gasteiger partial charge in [-0.25, -0.2) is 0 Å². The van der Waals surface area contributed by atoms with Crippen molar-refractivity contribution in [3.8, 4) is 0 Å². The lowest BCUT2D eigenvalue weighted by Gasteiger charge is -2.19. The van der Waals surface area contributed by atoms with Crippen molar-refractivity contribution < 1.29 is 13.9 Å². The van der Waals surface area contributed by atoms with Crippen molar-refractivity contribution in [1.29, 1.82) is 0 Å². The highest BCUT2D eigenvalue weighted by Gasteiger charge is 2.41. The van der Waals surface area contributed by atoms with E-state index in [1.165, 1.54) is 19.1 Å². The Labute approximate surface area is 104 Å². The van der Waals surface area contributed by atoms with Crippen LogP contribution in [0.25, 0.3) is 0 Å². The number of hydrogen-bond acceptors (Lipinski definition) is 3. The standard InChI is InChI=1S/C12H14ClNO3/c13-11-8(3-5-17-11)12(15)14-9-4-6-16-10(9)7-1-2-7/h3,5,7,9-10H,1-2,4,6H2,(H,14,15). The Balaban J connectivity index is 1.66. The molecule has 1 aromatic rings. The summed E-state index contributed by atoms with van der Waals surface area (Å²) in [5.41, 5.74) is 0.396. The summed E-state index contributed by atoms with van der Waals surface area (Å²) >= 11 is 5.77. The second-order valence-electron chi connectivity index (χ2n) is 4.65. The number of carbonyl (C=O) groups is 1. The summed E-state index contributed by atoms with van der Waals surface area (Å²) in [6.45, 7) is 0.727. The molecule has 2 unspecified atom stereocenters. The van der Waals surface area contributed by atoms with E-state index in [9.17, 15) is 4.79 Å². The Hall–Kier alpha value is -1.00. The van der Waals surface area contributed by atoms with Gasteiger partial charge in [0.2, 0.25) is 5.22 Å². The van der Waals surface area contributed by atoms with Crippen molar-refractivity contribution >= 4 is 17.5 Å². The molecule has 1 aromatic heterocycles. The van der Waals surface area contributed by atoms with Gasteiger partial charge >= 0.3 is 0 Å². The molecule has 0 spiro atoms. The average molecular weight is 256 g/mol. The number of ether oxygens (including phenoxy) is 1. The largest absolute Gasteiger partial charge is 0.452 e. The number of carbonyl (C=O) groups excluding carboxylic acids is 1. The van der Waals surface area contributed by atoms with E-state index in [-0.39, 0.29) is 23.3 Å². The summed E-state index contributed by atoms with van der Waals surface area (Å²) in [6.07, 6.45) is 4.90. The minimum Gasteiger partial charge on any atom is -0.452 e. The molecule has 92 valence electrons. The van der Waals surface area contributed by atoms with Gasteiger partial charge in [-0.1, -0.05) is 0 Å². The van der Waals surface area contributed by atoms with E-state index in [1.54, 1.807) is 6.07 Å². The molecular formula is C12H14ClNO3. The normalized spacial score (nSPS) is 28.3. The molecule has 2 fully saturated rings. The van der Waals surface area contributed by atoms with Crippen molar-refractivity contribution in [3.05, 3.63) is 23.1 Å². The zero-order valence-electron chi connectivity index (χ0n) is 9.32. The van der Waals surface area contributed by atoms with Crippen molar-refractivity contribution in [1.82, 2.24) is 5.32 Å². The first-order chi connectivity index (χ1) is 8.25. The monoisotopic (exact) mass is 255 g/mol. The van der Waals surface area contributed by atoms with Crippen molar-refractivity contribution in [3.63, 3.8) is 0 Å². The molecule has 1 saturated heterocycles. The molecule has 17 heavy (non-hydrogen) atoms. The smallest absolute Gasteiger partial charge is 0.256 e. The van der Waals surface area contributed by atoms with Crippen LogP contribution >= 0.6 is 11.6 Å². The maximum absolute atomic E-state index is 12.0. The van der Waals surface area contributed by atoms with Crippen LogP contribution in [0.15, 0.2) is 16.7 Å². The van der Waals surface area contributed by atoms with Crippen LogP contribution in [0.3, 0.4) is 0 Å². The van der Waals surface area contributed by atoms with Crippen LogP contribution in [0, 0.1) is 5.92 Å². The first kappa shape index (κ1) is 11.1. The van der Waals surface area contributed by atoms with Gasteiger partial charge in [0.15, 0.2) is 0 Å². The van der Waals surface area contributed by atoms with Crippen LogP contribution in [0.5, 0.6) is 0 Å². The average Bonchev–Trinajstić information content (AvgIpc) is 2.89. The first-order valence-electron chi connectivity index (χ1n) is 5.91. The third kappa shape index (κ3) is 2.19. The van der Waals surface area contributed by atoms with Gasteiger partial charge in [0.25, 0.3) is 5.91 Å². The van der Waals surface area contributed by atoms with E-state index in [2.05, 4.69) is 5.32 Å². The number of halogens is 1. The van der Waals surface area contributed by atoms with Crippen molar-refractivity contribution in [2.45, 2.75) is 31.4 Å². The fourth-order valence-electron chi connectivity index (χ4n) is 2.36. The van der Waals surface area contributed by atoms with Crippen LogP contribution in [0.4, 0.5) is 0 Å². The molecule has 3 rings (SSSR count). The lowest BCUT2D eigenvalue weighted by atomic mass is 10.1.